The minimum Gasteiger partial charge on any atom is -0.480 e. The second-order valence-corrected chi connectivity index (χ2v) is 9.36. The maximum atomic E-state index is 12.9. The molecule has 35 heavy (non-hydrogen) atoms. The Balaban J connectivity index is 1.49. The van der Waals surface area contributed by atoms with E-state index in [9.17, 15) is 24.4 Å². The number of hydrogen-bond acceptors (Lipinski definition) is 9. The van der Waals surface area contributed by atoms with Crippen LogP contribution < -0.4 is 16.1 Å². The number of rotatable bonds is 9. The van der Waals surface area contributed by atoms with E-state index in [4.69, 9.17) is 15.1 Å². The van der Waals surface area contributed by atoms with E-state index >= 15 is 0 Å². The van der Waals surface area contributed by atoms with Crippen molar-refractivity contribution in [3.8, 4) is 5.75 Å². The van der Waals surface area contributed by atoms with E-state index in [1.54, 1.807) is 34.9 Å². The maximum Gasteiger partial charge on any atom is 0.324 e. The van der Waals surface area contributed by atoms with Crippen molar-refractivity contribution in [1.82, 2.24) is 24.4 Å². The number of nitrogens with zero attached hydrogens (tertiary/aromatic N) is 4. The molecule has 0 radical (unpaired) electrons. The third kappa shape index (κ3) is 4.98. The van der Waals surface area contributed by atoms with Gasteiger partial charge in [0.05, 0.1) is 25.1 Å². The number of nitrogens with two attached hydrogens (primary N) is 1. The van der Waals surface area contributed by atoms with E-state index in [0.717, 1.165) is 4.83 Å². The molecule has 4 rings (SSSR count). The molecule has 2 heterocycles. The van der Waals surface area contributed by atoms with Crippen LogP contribution in [0.4, 0.5) is 5.95 Å². The average Bonchev–Trinajstić information content (AvgIpc) is 3.36. The molecule has 3 unspecified atom stereocenters. The number of aromatic amines is 1. The Morgan fingerprint density at radius 1 is 1.43 bits per heavy atom. The summed E-state index contributed by atoms with van der Waals surface area (Å²) in [5.74, 6) is -1.65. The number of carboxylic acids is 1. The molecular weight excluding hydrogens is 479 g/mol. The zero-order valence-corrected chi connectivity index (χ0v) is 19.7. The van der Waals surface area contributed by atoms with E-state index < -0.39 is 43.8 Å². The van der Waals surface area contributed by atoms with Crippen LogP contribution in [0, 0.1) is 5.92 Å². The van der Waals surface area contributed by atoms with E-state index in [1.807, 2.05) is 0 Å². The summed E-state index contributed by atoms with van der Waals surface area (Å²) in [5, 5.41) is 20.1. The van der Waals surface area contributed by atoms with E-state index in [2.05, 4.69) is 21.5 Å². The number of para-hydroxylation sites is 1. The minimum absolute atomic E-state index is 0.0713. The quantitative estimate of drug-likeness (QED) is 0.187. The molecule has 13 nitrogen and oxygen atoms in total. The number of aliphatic hydroxyl groups is 1. The molecule has 0 saturated heterocycles. The fourth-order valence-corrected chi connectivity index (χ4v) is 4.97. The van der Waals surface area contributed by atoms with Crippen molar-refractivity contribution in [2.45, 2.75) is 31.5 Å². The zero-order chi connectivity index (χ0) is 25.3. The van der Waals surface area contributed by atoms with Crippen LogP contribution in [0.15, 0.2) is 53.6 Å². The molecule has 1 aromatic carbocycles. The van der Waals surface area contributed by atoms with Gasteiger partial charge in [0.25, 0.3) is 13.7 Å². The first kappa shape index (κ1) is 24.6. The average molecular weight is 504 g/mol. The summed E-state index contributed by atoms with van der Waals surface area (Å²) < 4.78 is 20.1. The van der Waals surface area contributed by atoms with Crippen LogP contribution in [-0.4, -0.2) is 59.3 Å². The molecule has 3 aromatic rings. The number of nitrogens with one attached hydrogen (secondary N) is 1. The van der Waals surface area contributed by atoms with Crippen LogP contribution in [0.5, 0.6) is 5.75 Å². The lowest BCUT2D eigenvalue weighted by molar-refractivity contribution is -0.148. The molecule has 5 N–H and O–H groups in total. The Morgan fingerprint density at radius 3 is 2.83 bits per heavy atom. The molecule has 0 bridgehead atoms. The van der Waals surface area contributed by atoms with Gasteiger partial charge in [0.2, 0.25) is 5.95 Å². The van der Waals surface area contributed by atoms with Gasteiger partial charge in [-0.3, -0.25) is 19.1 Å². The molecule has 1 fully saturated rings. The van der Waals surface area contributed by atoms with E-state index in [1.165, 1.54) is 13.3 Å². The molecule has 186 valence electrons. The number of aromatic nitrogens is 4. The van der Waals surface area contributed by atoms with Crippen molar-refractivity contribution in [2.75, 3.05) is 12.3 Å². The second-order valence-electron chi connectivity index (χ2n) is 8.10. The van der Waals surface area contributed by atoms with Gasteiger partial charge < -0.3 is 29.9 Å². The van der Waals surface area contributed by atoms with Crippen LogP contribution in [0.1, 0.15) is 19.4 Å². The monoisotopic (exact) mass is 504 g/mol. The van der Waals surface area contributed by atoms with Crippen LogP contribution in [0.25, 0.3) is 11.2 Å². The summed E-state index contributed by atoms with van der Waals surface area (Å²) in [5.41, 5.74) is 6.07. The highest BCUT2D eigenvalue weighted by Crippen LogP contribution is 2.42. The number of carbonyl (C=O) groups is 1. The molecule has 1 aliphatic carbocycles. The number of aliphatic hydroxyl groups excluding tert-OH is 1. The molecule has 14 heteroatoms. The number of H-pyrrole nitrogens is 1. The second kappa shape index (κ2) is 10.0. The van der Waals surface area contributed by atoms with Crippen molar-refractivity contribution < 1.29 is 28.9 Å². The Hall–Kier alpha value is -3.51. The minimum atomic E-state index is -3.18. The fourth-order valence-electron chi connectivity index (χ4n) is 3.91. The molecule has 5 atom stereocenters. The molecule has 1 aliphatic rings. The summed E-state index contributed by atoms with van der Waals surface area (Å²) in [7, 11) is -3.18. The summed E-state index contributed by atoms with van der Waals surface area (Å²) in [6.45, 7) is 5.19. The molecule has 0 spiro atoms. The number of hydroxylamine groups is 1. The fraction of sp³-hybridized carbons (Fsp3) is 0.333. The third-order valence-electron chi connectivity index (χ3n) is 5.84. The highest BCUT2D eigenvalue weighted by molar-refractivity contribution is 7.36. The lowest BCUT2D eigenvalue weighted by Gasteiger charge is -2.26. The SMILES string of the molecule is C=C1C(CO[PH](=O)N(Oc2ccccc2)C(C)C(=O)O)[C@@H](O)C[C@@H]1n1cnc2c(=O)[nH]c(N)nc21. The Bertz CT molecular complexity index is 1330. The highest BCUT2D eigenvalue weighted by Gasteiger charge is 2.39. The van der Waals surface area contributed by atoms with Gasteiger partial charge in [0, 0.05) is 5.92 Å². The number of benzene rings is 1. The maximum absolute atomic E-state index is 12.9. The first-order valence-corrected chi connectivity index (χ1v) is 11.9. The van der Waals surface area contributed by atoms with Gasteiger partial charge in [-0.05, 0) is 31.1 Å². The standard InChI is InChI=1S/C21H25N6O7P/c1-11-14(9-33-35(32)27(12(2)20(30)31)34-13-6-4-3-5-7-13)16(28)8-15(11)26-10-23-17-18(26)24-21(22)25-19(17)29/h3-7,10,12,14-16,28,35H,1,8-9H2,2H3,(H,30,31)(H3,22,24,25,29)/t12?,14?,15-,16-/m0/s1. The van der Waals surface area contributed by atoms with Crippen molar-refractivity contribution in [3.63, 3.8) is 0 Å². The van der Waals surface area contributed by atoms with Crippen LogP contribution >= 0.6 is 8.18 Å². The van der Waals surface area contributed by atoms with E-state index in [-0.39, 0.29) is 30.1 Å². The topological polar surface area (TPSA) is 186 Å². The zero-order valence-electron chi connectivity index (χ0n) is 18.7. The van der Waals surface area contributed by atoms with Crippen molar-refractivity contribution >= 4 is 31.3 Å². The third-order valence-corrected chi connectivity index (χ3v) is 7.09. The molecule has 0 amide bonds. The van der Waals surface area contributed by atoms with E-state index in [0.29, 0.717) is 11.3 Å². The van der Waals surface area contributed by atoms with Gasteiger partial charge in [0.15, 0.2) is 11.2 Å². The number of imidazole rings is 1. The Labute approximate surface area is 199 Å². The first-order valence-electron chi connectivity index (χ1n) is 10.7. The van der Waals surface area contributed by atoms with Crippen molar-refractivity contribution in [1.29, 1.82) is 0 Å². The number of hydrogen-bond donors (Lipinski definition) is 4. The van der Waals surface area contributed by atoms with Crippen LogP contribution in [-0.2, 0) is 13.9 Å². The largest absolute Gasteiger partial charge is 0.480 e. The van der Waals surface area contributed by atoms with Crippen molar-refractivity contribution in [3.05, 3.63) is 59.2 Å². The first-order chi connectivity index (χ1) is 16.7. The van der Waals surface area contributed by atoms with Gasteiger partial charge >= 0.3 is 5.97 Å². The molecule has 2 aromatic heterocycles. The Morgan fingerprint density at radius 2 is 2.14 bits per heavy atom. The number of aliphatic carboxylic acids is 1. The molecule has 0 aliphatic heterocycles. The summed E-state index contributed by atoms with van der Waals surface area (Å²) in [4.78, 5) is 40.5. The summed E-state index contributed by atoms with van der Waals surface area (Å²) in [6, 6.07) is 6.58. The number of fused-ring (bicyclic) bond motifs is 1. The van der Waals surface area contributed by atoms with Gasteiger partial charge in [0.1, 0.15) is 11.8 Å². The van der Waals surface area contributed by atoms with Crippen LogP contribution in [0.2, 0.25) is 0 Å². The predicted molar refractivity (Wildman–Crippen MR) is 126 cm³/mol. The molecular formula is C21H25N6O7P. The van der Waals surface area contributed by atoms with Gasteiger partial charge in [-0.15, -0.1) is 0 Å². The normalized spacial score (nSPS) is 21.9. The number of carboxylic acid groups (broad SMARTS) is 1. The lowest BCUT2D eigenvalue weighted by Crippen LogP contribution is -2.37. The van der Waals surface area contributed by atoms with Gasteiger partial charge in [-0.25, -0.2) is 4.98 Å². The Kier molecular flexibility index (Phi) is 7.03. The van der Waals surface area contributed by atoms with Gasteiger partial charge in [-0.1, -0.05) is 29.6 Å². The summed E-state index contributed by atoms with van der Waals surface area (Å²) in [6.07, 6.45) is 0.744. The lowest BCUT2D eigenvalue weighted by atomic mass is 10.0. The number of nitrogen functional groups attached to an aromatic ring is 1. The van der Waals surface area contributed by atoms with Crippen molar-refractivity contribution in [2.24, 2.45) is 5.92 Å². The summed E-state index contributed by atoms with van der Waals surface area (Å²) >= 11 is 0. The van der Waals surface area contributed by atoms with Crippen LogP contribution in [0.3, 0.4) is 0 Å². The smallest absolute Gasteiger partial charge is 0.324 e. The predicted octanol–water partition coefficient (Wildman–Crippen LogP) is 1.36. The highest BCUT2D eigenvalue weighted by atomic mass is 31.1. The van der Waals surface area contributed by atoms with Gasteiger partial charge in [-0.2, -0.15) is 4.98 Å². The molecule has 1 saturated carbocycles. The number of anilines is 1.